The molecular formula is C23H33IN6O. The summed E-state index contributed by atoms with van der Waals surface area (Å²) in [5.74, 6) is 3.05. The number of hydrogen-bond acceptors (Lipinski definition) is 4. The fourth-order valence-electron chi connectivity index (χ4n) is 3.42. The van der Waals surface area contributed by atoms with Gasteiger partial charge in [-0.3, -0.25) is 9.39 Å². The average molecular weight is 536 g/mol. The number of aliphatic imine (C=N–C) groups is 1. The van der Waals surface area contributed by atoms with Crippen LogP contribution < -0.4 is 15.4 Å². The van der Waals surface area contributed by atoms with Crippen LogP contribution >= 0.6 is 24.0 Å². The highest BCUT2D eigenvalue weighted by atomic mass is 127. The fraction of sp³-hybridized carbons (Fsp3) is 0.435. The van der Waals surface area contributed by atoms with Gasteiger partial charge in [-0.15, -0.1) is 34.2 Å². The monoisotopic (exact) mass is 536 g/mol. The first-order valence-electron chi connectivity index (χ1n) is 10.5. The van der Waals surface area contributed by atoms with Crippen LogP contribution in [0, 0.1) is 12.8 Å². The van der Waals surface area contributed by atoms with Crippen molar-refractivity contribution in [2.45, 2.75) is 53.3 Å². The summed E-state index contributed by atoms with van der Waals surface area (Å²) in [5.41, 5.74) is 3.12. The minimum absolute atomic E-state index is 0. The van der Waals surface area contributed by atoms with E-state index in [4.69, 9.17) is 4.74 Å². The van der Waals surface area contributed by atoms with Crippen LogP contribution in [0.4, 0.5) is 0 Å². The Morgan fingerprint density at radius 3 is 2.61 bits per heavy atom. The summed E-state index contributed by atoms with van der Waals surface area (Å²) in [4.78, 5) is 4.33. The number of aromatic nitrogens is 3. The Hall–Kier alpha value is -2.36. The maximum atomic E-state index is 6.25. The number of hydrogen-bond donors (Lipinski definition) is 2. The van der Waals surface area contributed by atoms with Crippen molar-refractivity contribution in [1.82, 2.24) is 25.2 Å². The second kappa shape index (κ2) is 11.9. The molecule has 2 aromatic heterocycles. The maximum absolute atomic E-state index is 6.25. The molecule has 0 saturated carbocycles. The lowest BCUT2D eigenvalue weighted by molar-refractivity contribution is 0.191. The van der Waals surface area contributed by atoms with Crippen molar-refractivity contribution in [2.75, 3.05) is 7.05 Å². The molecule has 0 saturated heterocycles. The first-order chi connectivity index (χ1) is 14.5. The molecule has 2 N–H and O–H groups in total. The third-order valence-electron chi connectivity index (χ3n) is 4.82. The molecule has 0 spiro atoms. The van der Waals surface area contributed by atoms with Gasteiger partial charge in [-0.1, -0.05) is 32.0 Å². The highest BCUT2D eigenvalue weighted by molar-refractivity contribution is 14.0. The SMILES string of the molecule is CN=C(NCc1ccc(C)cc1OC(C)CC(C)C)NCc1nnc2ccccn12.I. The molecule has 8 heteroatoms. The molecule has 0 aliphatic rings. The molecule has 7 nitrogen and oxygen atoms in total. The van der Waals surface area contributed by atoms with Crippen molar-refractivity contribution in [3.63, 3.8) is 0 Å². The van der Waals surface area contributed by atoms with Crippen LogP contribution in [0.5, 0.6) is 5.75 Å². The van der Waals surface area contributed by atoms with Gasteiger partial charge in [-0.2, -0.15) is 0 Å². The number of pyridine rings is 1. The van der Waals surface area contributed by atoms with Gasteiger partial charge >= 0.3 is 0 Å². The van der Waals surface area contributed by atoms with Crippen LogP contribution in [-0.4, -0.2) is 33.7 Å². The van der Waals surface area contributed by atoms with Gasteiger partial charge in [0.25, 0.3) is 0 Å². The van der Waals surface area contributed by atoms with Crippen molar-refractivity contribution >= 4 is 35.6 Å². The number of rotatable bonds is 8. The summed E-state index contributed by atoms with van der Waals surface area (Å²) in [5, 5.41) is 15.1. The molecule has 1 unspecified atom stereocenters. The van der Waals surface area contributed by atoms with Gasteiger partial charge in [-0.25, -0.2) is 0 Å². The largest absolute Gasteiger partial charge is 0.490 e. The van der Waals surface area contributed by atoms with Crippen LogP contribution in [-0.2, 0) is 13.1 Å². The molecule has 0 radical (unpaired) electrons. The van der Waals surface area contributed by atoms with Crippen LogP contribution in [0.2, 0.25) is 0 Å². The smallest absolute Gasteiger partial charge is 0.191 e. The summed E-state index contributed by atoms with van der Waals surface area (Å²) >= 11 is 0. The van der Waals surface area contributed by atoms with E-state index >= 15 is 0 Å². The topological polar surface area (TPSA) is 75.8 Å². The van der Waals surface area contributed by atoms with Crippen LogP contribution in [0.3, 0.4) is 0 Å². The molecule has 3 rings (SSSR count). The zero-order chi connectivity index (χ0) is 21.5. The molecule has 1 aromatic carbocycles. The molecular weight excluding hydrogens is 503 g/mol. The molecule has 1 atom stereocenters. The van der Waals surface area contributed by atoms with E-state index in [1.54, 1.807) is 7.05 Å². The molecule has 0 aliphatic carbocycles. The second-order valence-corrected chi connectivity index (χ2v) is 7.99. The van der Waals surface area contributed by atoms with Gasteiger partial charge in [0, 0.05) is 25.4 Å². The highest BCUT2D eigenvalue weighted by Crippen LogP contribution is 2.23. The van der Waals surface area contributed by atoms with Gasteiger partial charge in [0.1, 0.15) is 5.75 Å². The molecule has 3 aromatic rings. The minimum atomic E-state index is 0. The van der Waals surface area contributed by atoms with Crippen LogP contribution in [0.25, 0.3) is 5.65 Å². The minimum Gasteiger partial charge on any atom is -0.490 e. The molecule has 0 bridgehead atoms. The number of benzene rings is 1. The molecule has 0 aliphatic heterocycles. The average Bonchev–Trinajstić information content (AvgIpc) is 3.12. The van der Waals surface area contributed by atoms with Gasteiger partial charge in [0.15, 0.2) is 17.4 Å². The predicted octanol–water partition coefficient (Wildman–Crippen LogP) is 4.33. The summed E-state index contributed by atoms with van der Waals surface area (Å²) in [7, 11) is 1.76. The standard InChI is InChI=1S/C23H32N6O.HI/c1-16(2)12-18(4)30-20-13-17(3)9-10-19(20)14-25-23(24-5)26-15-22-28-27-21-8-6-7-11-29(21)22;/h6-11,13,16,18H,12,14-15H2,1-5H3,(H2,24,25,26);1H. The Balaban J connectivity index is 0.00000341. The van der Waals surface area contributed by atoms with Gasteiger partial charge in [-0.05, 0) is 49.9 Å². The number of guanidine groups is 1. The van der Waals surface area contributed by atoms with E-state index in [1.165, 1.54) is 5.56 Å². The third-order valence-corrected chi connectivity index (χ3v) is 4.82. The predicted molar refractivity (Wildman–Crippen MR) is 136 cm³/mol. The van der Waals surface area contributed by atoms with E-state index < -0.39 is 0 Å². The van der Waals surface area contributed by atoms with Crippen molar-refractivity contribution < 1.29 is 4.74 Å². The van der Waals surface area contributed by atoms with Gasteiger partial charge in [0.2, 0.25) is 0 Å². The Morgan fingerprint density at radius 1 is 1.10 bits per heavy atom. The number of nitrogens with one attached hydrogen (secondary N) is 2. The second-order valence-electron chi connectivity index (χ2n) is 7.99. The van der Waals surface area contributed by atoms with Crippen molar-refractivity contribution in [3.8, 4) is 5.75 Å². The Morgan fingerprint density at radius 2 is 1.87 bits per heavy atom. The summed E-state index contributed by atoms with van der Waals surface area (Å²) in [6.45, 7) is 9.78. The van der Waals surface area contributed by atoms with Crippen LogP contribution in [0.1, 0.15) is 44.1 Å². The lowest BCUT2D eigenvalue weighted by Crippen LogP contribution is -2.36. The molecule has 0 amide bonds. The van der Waals surface area contributed by atoms with Gasteiger partial charge < -0.3 is 15.4 Å². The lowest BCUT2D eigenvalue weighted by atomic mass is 10.1. The third kappa shape index (κ3) is 7.09. The van der Waals surface area contributed by atoms with E-state index in [2.05, 4.69) is 71.7 Å². The number of nitrogens with zero attached hydrogens (tertiary/aromatic N) is 4. The molecule has 168 valence electrons. The Kier molecular flexibility index (Phi) is 9.54. The zero-order valence-electron chi connectivity index (χ0n) is 18.9. The first-order valence-corrected chi connectivity index (χ1v) is 10.5. The molecule has 0 fully saturated rings. The van der Waals surface area contributed by atoms with Crippen LogP contribution in [0.15, 0.2) is 47.6 Å². The first kappa shape index (κ1) is 24.9. The zero-order valence-corrected chi connectivity index (χ0v) is 21.3. The highest BCUT2D eigenvalue weighted by Gasteiger charge is 2.12. The summed E-state index contributed by atoms with van der Waals surface area (Å²) < 4.78 is 8.21. The Bertz CT molecular complexity index is 1000. The molecule has 2 heterocycles. The van der Waals surface area contributed by atoms with E-state index in [9.17, 15) is 0 Å². The Labute approximate surface area is 201 Å². The summed E-state index contributed by atoms with van der Waals surface area (Å²) in [6, 6.07) is 12.2. The number of halogens is 1. The molecule has 31 heavy (non-hydrogen) atoms. The van der Waals surface area contributed by atoms with E-state index in [0.29, 0.717) is 25.0 Å². The van der Waals surface area contributed by atoms with Crippen molar-refractivity contribution in [3.05, 3.63) is 59.5 Å². The quantitative estimate of drug-likeness (QED) is 0.255. The fourth-order valence-corrected chi connectivity index (χ4v) is 3.42. The van der Waals surface area contributed by atoms with E-state index in [0.717, 1.165) is 29.2 Å². The van der Waals surface area contributed by atoms with Gasteiger partial charge in [0.05, 0.1) is 12.6 Å². The lowest BCUT2D eigenvalue weighted by Gasteiger charge is -2.20. The number of aryl methyl sites for hydroxylation is 1. The van der Waals surface area contributed by atoms with Crippen molar-refractivity contribution in [1.29, 1.82) is 0 Å². The maximum Gasteiger partial charge on any atom is 0.191 e. The van der Waals surface area contributed by atoms with E-state index in [-0.39, 0.29) is 30.1 Å². The normalized spacial score (nSPS) is 12.5. The number of fused-ring (bicyclic) bond motifs is 1. The number of ether oxygens (including phenoxy) is 1. The summed E-state index contributed by atoms with van der Waals surface area (Å²) in [6.07, 6.45) is 3.15. The van der Waals surface area contributed by atoms with E-state index in [1.807, 2.05) is 28.8 Å². The van der Waals surface area contributed by atoms with Crippen molar-refractivity contribution in [2.24, 2.45) is 10.9 Å².